The summed E-state index contributed by atoms with van der Waals surface area (Å²) in [5, 5.41) is 11.5. The van der Waals surface area contributed by atoms with Crippen LogP contribution in [0.4, 0.5) is 10.2 Å². The second-order valence-corrected chi connectivity index (χ2v) is 7.01. The van der Waals surface area contributed by atoms with E-state index in [9.17, 15) is 4.39 Å². The molecule has 2 aromatic rings. The zero-order chi connectivity index (χ0) is 20.1. The summed E-state index contributed by atoms with van der Waals surface area (Å²) in [5.41, 5.74) is 3.62. The molecule has 1 aliphatic rings. The molecule has 0 radical (unpaired) electrons. The van der Waals surface area contributed by atoms with Gasteiger partial charge in [0.05, 0.1) is 5.69 Å². The van der Waals surface area contributed by atoms with E-state index < -0.39 is 0 Å². The Labute approximate surface area is 189 Å². The minimum atomic E-state index is -0.276. The van der Waals surface area contributed by atoms with Crippen molar-refractivity contribution in [3.63, 3.8) is 0 Å². The topological polar surface area (TPSA) is 70.4 Å². The number of anilines is 1. The van der Waals surface area contributed by atoms with Crippen molar-refractivity contribution in [3.05, 3.63) is 41.1 Å². The molecule has 2 N–H and O–H groups in total. The van der Waals surface area contributed by atoms with Crippen LogP contribution in [0.25, 0.3) is 0 Å². The summed E-state index contributed by atoms with van der Waals surface area (Å²) in [7, 11) is 3.77. The van der Waals surface area contributed by atoms with E-state index >= 15 is 0 Å². The van der Waals surface area contributed by atoms with Gasteiger partial charge in [-0.05, 0) is 31.4 Å². The first-order valence-electron chi connectivity index (χ1n) is 9.93. The SMILES string of the molecule is CCc1nn(C)c(CC)c1CNC(=NC)NC1CCN(c2ncccc2F)C1.I. The monoisotopic (exact) mass is 515 g/mol. The van der Waals surface area contributed by atoms with Crippen LogP contribution < -0.4 is 15.5 Å². The first kappa shape index (κ1) is 23.4. The number of rotatable bonds is 6. The molecule has 1 atom stereocenters. The standard InChI is InChI=1S/C20H30FN7.HI/c1-5-17-15(18(6-2)27(4)26-17)12-24-20(22-3)25-14-9-11-28(13-14)19-16(21)8-7-10-23-19;/h7-8,10,14H,5-6,9,11-13H2,1-4H3,(H2,22,24,25);1H. The highest BCUT2D eigenvalue weighted by Gasteiger charge is 2.26. The van der Waals surface area contributed by atoms with Gasteiger partial charge in [0, 0.05) is 57.2 Å². The number of aryl methyl sites for hydroxylation is 2. The fraction of sp³-hybridized carbons (Fsp3) is 0.550. The maximum Gasteiger partial charge on any atom is 0.191 e. The molecule has 0 amide bonds. The summed E-state index contributed by atoms with van der Waals surface area (Å²) in [6, 6.07) is 3.26. The minimum absolute atomic E-state index is 0. The van der Waals surface area contributed by atoms with Gasteiger partial charge in [0.15, 0.2) is 17.6 Å². The van der Waals surface area contributed by atoms with E-state index in [0.29, 0.717) is 18.9 Å². The fourth-order valence-electron chi connectivity index (χ4n) is 3.83. The number of aromatic nitrogens is 3. The number of aliphatic imine (C=N–C) groups is 1. The molecule has 1 saturated heterocycles. The van der Waals surface area contributed by atoms with Crippen LogP contribution >= 0.6 is 24.0 Å². The van der Waals surface area contributed by atoms with Gasteiger partial charge in [-0.15, -0.1) is 24.0 Å². The Kier molecular flexibility index (Phi) is 8.66. The minimum Gasteiger partial charge on any atom is -0.352 e. The van der Waals surface area contributed by atoms with Gasteiger partial charge in [-0.3, -0.25) is 9.67 Å². The van der Waals surface area contributed by atoms with E-state index in [1.165, 1.54) is 17.3 Å². The van der Waals surface area contributed by atoms with Gasteiger partial charge in [-0.1, -0.05) is 13.8 Å². The molecule has 0 saturated carbocycles. The molecule has 3 rings (SSSR count). The first-order chi connectivity index (χ1) is 13.6. The third-order valence-corrected chi connectivity index (χ3v) is 5.25. The molecule has 0 aliphatic carbocycles. The zero-order valence-corrected chi connectivity index (χ0v) is 19.9. The lowest BCUT2D eigenvalue weighted by molar-refractivity contribution is 0.612. The molecule has 0 spiro atoms. The molecule has 3 heterocycles. The maximum atomic E-state index is 14.0. The normalized spacial score (nSPS) is 16.7. The molecular formula is C20H31FIN7. The number of nitrogens with zero attached hydrogens (tertiary/aromatic N) is 5. The zero-order valence-electron chi connectivity index (χ0n) is 17.6. The van der Waals surface area contributed by atoms with Crippen LogP contribution in [-0.2, 0) is 26.4 Å². The van der Waals surface area contributed by atoms with Crippen LogP contribution in [0.2, 0.25) is 0 Å². The van der Waals surface area contributed by atoms with E-state index in [4.69, 9.17) is 0 Å². The van der Waals surface area contributed by atoms with Crippen LogP contribution in [0.15, 0.2) is 23.3 Å². The molecule has 2 aromatic heterocycles. The summed E-state index contributed by atoms with van der Waals surface area (Å²) in [4.78, 5) is 10.5. The Bertz CT molecular complexity index is 836. The molecule has 1 fully saturated rings. The van der Waals surface area contributed by atoms with Crippen molar-refractivity contribution in [1.82, 2.24) is 25.4 Å². The Morgan fingerprint density at radius 3 is 2.79 bits per heavy atom. The van der Waals surface area contributed by atoms with Crippen LogP contribution in [-0.4, -0.2) is 46.9 Å². The van der Waals surface area contributed by atoms with E-state index in [-0.39, 0.29) is 35.8 Å². The van der Waals surface area contributed by atoms with Crippen LogP contribution in [0.5, 0.6) is 0 Å². The molecule has 1 unspecified atom stereocenters. The average molecular weight is 515 g/mol. The number of pyridine rings is 1. The van der Waals surface area contributed by atoms with Crippen LogP contribution in [0, 0.1) is 5.82 Å². The lowest BCUT2D eigenvalue weighted by atomic mass is 10.1. The van der Waals surface area contributed by atoms with Crippen LogP contribution in [0.1, 0.15) is 37.2 Å². The number of halogens is 2. The van der Waals surface area contributed by atoms with Crippen molar-refractivity contribution in [1.29, 1.82) is 0 Å². The molecule has 160 valence electrons. The molecule has 0 bridgehead atoms. The third kappa shape index (κ3) is 5.37. The smallest absolute Gasteiger partial charge is 0.191 e. The van der Waals surface area contributed by atoms with Crippen molar-refractivity contribution in [2.24, 2.45) is 12.0 Å². The van der Waals surface area contributed by atoms with Crippen molar-refractivity contribution >= 4 is 35.8 Å². The van der Waals surface area contributed by atoms with E-state index in [1.807, 2.05) is 16.6 Å². The van der Waals surface area contributed by atoms with Gasteiger partial charge in [0.1, 0.15) is 0 Å². The molecule has 7 nitrogen and oxygen atoms in total. The maximum absolute atomic E-state index is 14.0. The van der Waals surface area contributed by atoms with Gasteiger partial charge in [-0.2, -0.15) is 5.10 Å². The summed E-state index contributed by atoms with van der Waals surface area (Å²) in [5.74, 6) is 0.896. The van der Waals surface area contributed by atoms with Gasteiger partial charge in [0.25, 0.3) is 0 Å². The highest BCUT2D eigenvalue weighted by atomic mass is 127. The van der Waals surface area contributed by atoms with Gasteiger partial charge < -0.3 is 15.5 Å². The van der Waals surface area contributed by atoms with Crippen molar-refractivity contribution < 1.29 is 4.39 Å². The van der Waals surface area contributed by atoms with Crippen molar-refractivity contribution in [3.8, 4) is 0 Å². The predicted octanol–water partition coefficient (Wildman–Crippen LogP) is 2.64. The molecular weight excluding hydrogens is 484 g/mol. The number of hydrogen-bond acceptors (Lipinski definition) is 4. The number of guanidine groups is 1. The highest BCUT2D eigenvalue weighted by molar-refractivity contribution is 14.0. The van der Waals surface area contributed by atoms with Gasteiger partial charge in [0.2, 0.25) is 0 Å². The second-order valence-electron chi connectivity index (χ2n) is 7.01. The molecule has 9 heteroatoms. The number of nitrogens with one attached hydrogen (secondary N) is 2. The fourth-order valence-corrected chi connectivity index (χ4v) is 3.83. The van der Waals surface area contributed by atoms with Gasteiger partial charge in [-0.25, -0.2) is 9.37 Å². The first-order valence-corrected chi connectivity index (χ1v) is 9.93. The lowest BCUT2D eigenvalue weighted by Gasteiger charge is -2.20. The summed E-state index contributed by atoms with van der Waals surface area (Å²) in [6.07, 6.45) is 4.39. The Hall–Kier alpha value is -1.91. The molecule has 1 aliphatic heterocycles. The Morgan fingerprint density at radius 2 is 2.14 bits per heavy atom. The summed E-state index contributed by atoms with van der Waals surface area (Å²) >= 11 is 0. The van der Waals surface area contributed by atoms with E-state index in [1.54, 1.807) is 19.3 Å². The Balaban J connectivity index is 0.00000300. The summed E-state index contributed by atoms with van der Waals surface area (Å²) in [6.45, 7) is 6.43. The molecule has 29 heavy (non-hydrogen) atoms. The highest BCUT2D eigenvalue weighted by Crippen LogP contribution is 2.21. The average Bonchev–Trinajstić information content (AvgIpc) is 3.28. The lowest BCUT2D eigenvalue weighted by Crippen LogP contribution is -2.44. The van der Waals surface area contributed by atoms with Crippen molar-refractivity contribution in [2.75, 3.05) is 25.0 Å². The quantitative estimate of drug-likeness (QED) is 0.352. The van der Waals surface area contributed by atoms with Crippen LogP contribution in [0.3, 0.4) is 0 Å². The second kappa shape index (κ2) is 10.7. The predicted molar refractivity (Wildman–Crippen MR) is 126 cm³/mol. The van der Waals surface area contributed by atoms with E-state index in [2.05, 4.69) is 39.6 Å². The largest absolute Gasteiger partial charge is 0.352 e. The number of hydrogen-bond donors (Lipinski definition) is 2. The van der Waals surface area contributed by atoms with Crippen molar-refractivity contribution in [2.45, 2.75) is 45.7 Å². The third-order valence-electron chi connectivity index (χ3n) is 5.25. The Morgan fingerprint density at radius 1 is 1.34 bits per heavy atom. The molecule has 0 aromatic carbocycles. The summed E-state index contributed by atoms with van der Waals surface area (Å²) < 4.78 is 16.0. The van der Waals surface area contributed by atoms with Gasteiger partial charge >= 0.3 is 0 Å². The van der Waals surface area contributed by atoms with E-state index in [0.717, 1.165) is 37.5 Å².